The van der Waals surface area contributed by atoms with E-state index in [1.807, 2.05) is 31.0 Å². The van der Waals surface area contributed by atoms with Crippen LogP contribution in [0.25, 0.3) is 0 Å². The summed E-state index contributed by atoms with van der Waals surface area (Å²) in [5.74, 6) is 1.91. The number of aryl methyl sites for hydroxylation is 2. The second kappa shape index (κ2) is 4.69. The van der Waals surface area contributed by atoms with Gasteiger partial charge in [-0.25, -0.2) is 0 Å². The first-order chi connectivity index (χ1) is 10.6. The largest absolute Gasteiger partial charge is 0.425 e. The maximum atomic E-state index is 12.5. The van der Waals surface area contributed by atoms with Crippen molar-refractivity contribution >= 4 is 5.91 Å². The molecule has 0 bridgehead atoms. The van der Waals surface area contributed by atoms with E-state index in [-0.39, 0.29) is 11.3 Å². The van der Waals surface area contributed by atoms with Gasteiger partial charge in [-0.15, -0.1) is 10.2 Å². The number of carbonyl (C=O) groups excluding carboxylic acids is 1. The average Bonchev–Trinajstić information content (AvgIpc) is 2.86. The molecule has 6 nitrogen and oxygen atoms in total. The van der Waals surface area contributed by atoms with Gasteiger partial charge in [-0.3, -0.25) is 4.79 Å². The summed E-state index contributed by atoms with van der Waals surface area (Å²) < 4.78 is 5.58. The highest BCUT2D eigenvalue weighted by Crippen LogP contribution is 2.64. The first-order valence-corrected chi connectivity index (χ1v) is 7.82. The Labute approximate surface area is 128 Å². The van der Waals surface area contributed by atoms with Gasteiger partial charge in [-0.05, 0) is 43.2 Å². The number of H-pyrrole nitrogens is 1. The van der Waals surface area contributed by atoms with Crippen molar-refractivity contribution in [3.8, 4) is 0 Å². The van der Waals surface area contributed by atoms with E-state index in [9.17, 15) is 4.79 Å². The first kappa shape index (κ1) is 13.5. The summed E-state index contributed by atoms with van der Waals surface area (Å²) in [6.45, 7) is 5.40. The number of aromatic amines is 1. The minimum Gasteiger partial charge on any atom is -0.425 e. The van der Waals surface area contributed by atoms with E-state index in [0.717, 1.165) is 49.5 Å². The number of piperidine rings is 1. The normalized spacial score (nSPS) is 23.0. The van der Waals surface area contributed by atoms with E-state index >= 15 is 0 Å². The van der Waals surface area contributed by atoms with E-state index in [4.69, 9.17) is 4.42 Å². The Morgan fingerprint density at radius 3 is 2.73 bits per heavy atom. The Morgan fingerprint density at radius 2 is 2.14 bits per heavy atom. The third-order valence-electron chi connectivity index (χ3n) is 5.25. The van der Waals surface area contributed by atoms with E-state index in [1.54, 1.807) is 0 Å². The zero-order valence-corrected chi connectivity index (χ0v) is 12.9. The molecule has 1 aliphatic carbocycles. The van der Waals surface area contributed by atoms with E-state index in [2.05, 4.69) is 15.2 Å². The second-order valence-electron chi connectivity index (χ2n) is 6.61. The Bertz CT molecular complexity index is 709. The van der Waals surface area contributed by atoms with Crippen molar-refractivity contribution in [1.82, 2.24) is 20.1 Å². The van der Waals surface area contributed by atoms with E-state index < -0.39 is 0 Å². The van der Waals surface area contributed by atoms with Gasteiger partial charge in [0.2, 0.25) is 11.8 Å². The van der Waals surface area contributed by atoms with Crippen LogP contribution in [0.15, 0.2) is 16.7 Å². The zero-order chi connectivity index (χ0) is 15.3. The van der Waals surface area contributed by atoms with Crippen LogP contribution in [0.5, 0.6) is 0 Å². The molecule has 3 heterocycles. The summed E-state index contributed by atoms with van der Waals surface area (Å²) in [6.07, 6.45) is 4.97. The molecule has 1 spiro atoms. The zero-order valence-electron chi connectivity index (χ0n) is 12.9. The number of hydrogen-bond donors (Lipinski definition) is 1. The van der Waals surface area contributed by atoms with Gasteiger partial charge in [0.1, 0.15) is 5.69 Å². The van der Waals surface area contributed by atoms with Gasteiger partial charge in [0, 0.05) is 32.1 Å². The summed E-state index contributed by atoms with van der Waals surface area (Å²) in [5, 5.41) is 8.09. The van der Waals surface area contributed by atoms with Gasteiger partial charge in [-0.1, -0.05) is 0 Å². The number of carbonyl (C=O) groups is 1. The predicted octanol–water partition coefficient (Wildman–Crippen LogP) is 2.42. The highest BCUT2D eigenvalue weighted by molar-refractivity contribution is 5.93. The number of hydrogen-bond acceptors (Lipinski definition) is 4. The Hall–Kier alpha value is -2.11. The van der Waals surface area contributed by atoms with Crippen LogP contribution < -0.4 is 0 Å². The molecule has 2 aliphatic rings. The molecule has 1 atom stereocenters. The summed E-state index contributed by atoms with van der Waals surface area (Å²) in [5.41, 5.74) is 2.01. The van der Waals surface area contributed by atoms with Gasteiger partial charge in [0.15, 0.2) is 0 Å². The number of likely N-dealkylation sites (tertiary alicyclic amines) is 1. The van der Waals surface area contributed by atoms with E-state index in [1.165, 1.54) is 0 Å². The third-order valence-corrected chi connectivity index (χ3v) is 5.25. The lowest BCUT2D eigenvalue weighted by Crippen LogP contribution is -2.39. The maximum absolute atomic E-state index is 12.5. The van der Waals surface area contributed by atoms with Crippen molar-refractivity contribution in [1.29, 1.82) is 0 Å². The highest BCUT2D eigenvalue weighted by atomic mass is 16.4. The molecule has 1 N–H and O–H groups in total. The molecule has 2 aromatic rings. The molecule has 2 aromatic heterocycles. The van der Waals surface area contributed by atoms with Crippen molar-refractivity contribution in [3.05, 3.63) is 35.3 Å². The number of aromatic nitrogens is 3. The summed E-state index contributed by atoms with van der Waals surface area (Å²) in [7, 11) is 0. The molecule has 0 aromatic carbocycles. The molecular weight excluding hydrogens is 280 g/mol. The second-order valence-corrected chi connectivity index (χ2v) is 6.61. The standard InChI is InChI=1S/C16H20N4O2/c1-10-3-6-17-13(10)15(21)20-7-4-16(5-8-20)9-12(16)14-19-18-11(2)22-14/h3,6,12,17H,4-5,7-9H2,1-2H3. The number of rotatable bonds is 2. The fourth-order valence-electron chi connectivity index (χ4n) is 3.69. The third kappa shape index (κ3) is 2.05. The molecule has 22 heavy (non-hydrogen) atoms. The minimum atomic E-state index is 0.114. The SMILES string of the molecule is Cc1nnc(C2CC23CCN(C(=O)c2[nH]ccc2C)CC3)o1. The summed E-state index contributed by atoms with van der Waals surface area (Å²) in [6, 6.07) is 1.94. The lowest BCUT2D eigenvalue weighted by atomic mass is 9.90. The monoisotopic (exact) mass is 300 g/mol. The number of nitrogens with one attached hydrogen (secondary N) is 1. The van der Waals surface area contributed by atoms with Crippen LogP contribution in [-0.2, 0) is 0 Å². The lowest BCUT2D eigenvalue weighted by molar-refractivity contribution is 0.0667. The maximum Gasteiger partial charge on any atom is 0.270 e. The predicted molar refractivity (Wildman–Crippen MR) is 79.5 cm³/mol. The van der Waals surface area contributed by atoms with E-state index in [0.29, 0.717) is 11.8 Å². The molecule has 1 saturated carbocycles. The van der Waals surface area contributed by atoms with Gasteiger partial charge in [0.05, 0.1) is 0 Å². The molecule has 6 heteroatoms. The molecule has 2 fully saturated rings. The van der Waals surface area contributed by atoms with Crippen molar-refractivity contribution in [2.24, 2.45) is 5.41 Å². The topological polar surface area (TPSA) is 75.0 Å². The molecule has 116 valence electrons. The van der Waals surface area contributed by atoms with Crippen molar-refractivity contribution in [2.45, 2.75) is 39.0 Å². The van der Waals surface area contributed by atoms with Crippen LogP contribution in [-0.4, -0.2) is 39.1 Å². The Morgan fingerprint density at radius 1 is 1.36 bits per heavy atom. The summed E-state index contributed by atoms with van der Waals surface area (Å²) >= 11 is 0. The molecule has 1 amide bonds. The van der Waals surface area contributed by atoms with Crippen LogP contribution in [0.1, 0.15) is 53.0 Å². The van der Waals surface area contributed by atoms with Gasteiger partial charge in [-0.2, -0.15) is 0 Å². The smallest absolute Gasteiger partial charge is 0.270 e. The van der Waals surface area contributed by atoms with Crippen molar-refractivity contribution in [2.75, 3.05) is 13.1 Å². The number of nitrogens with zero attached hydrogens (tertiary/aromatic N) is 3. The molecule has 1 saturated heterocycles. The molecule has 1 aliphatic heterocycles. The lowest BCUT2D eigenvalue weighted by Gasteiger charge is -2.32. The van der Waals surface area contributed by atoms with Crippen LogP contribution in [0, 0.1) is 19.3 Å². The van der Waals surface area contributed by atoms with Gasteiger partial charge in [0.25, 0.3) is 5.91 Å². The van der Waals surface area contributed by atoms with Gasteiger partial charge >= 0.3 is 0 Å². The van der Waals surface area contributed by atoms with Crippen LogP contribution in [0.4, 0.5) is 0 Å². The van der Waals surface area contributed by atoms with Gasteiger partial charge < -0.3 is 14.3 Å². The molecule has 4 rings (SSSR count). The summed E-state index contributed by atoms with van der Waals surface area (Å²) in [4.78, 5) is 17.5. The van der Waals surface area contributed by atoms with Crippen LogP contribution >= 0.6 is 0 Å². The molecular formula is C16H20N4O2. The fraction of sp³-hybridized carbons (Fsp3) is 0.562. The van der Waals surface area contributed by atoms with Crippen LogP contribution in [0.3, 0.4) is 0 Å². The average molecular weight is 300 g/mol. The Kier molecular flexibility index (Phi) is 2.89. The minimum absolute atomic E-state index is 0.114. The number of amides is 1. The van der Waals surface area contributed by atoms with Crippen molar-refractivity contribution < 1.29 is 9.21 Å². The fourth-order valence-corrected chi connectivity index (χ4v) is 3.69. The molecule has 1 unspecified atom stereocenters. The Balaban J connectivity index is 1.42. The quantitative estimate of drug-likeness (QED) is 0.924. The highest BCUT2D eigenvalue weighted by Gasteiger charge is 2.58. The first-order valence-electron chi connectivity index (χ1n) is 7.82. The van der Waals surface area contributed by atoms with Crippen molar-refractivity contribution in [3.63, 3.8) is 0 Å². The molecule has 0 radical (unpaired) electrons. The van der Waals surface area contributed by atoms with Crippen LogP contribution in [0.2, 0.25) is 0 Å².